The Bertz CT molecular complexity index is 531. The Hall–Kier alpha value is -1.68. The van der Waals surface area contributed by atoms with Crippen molar-refractivity contribution in [3.05, 3.63) is 41.5 Å². The number of nitrogens with two attached hydrogens (primary N) is 1. The van der Waals surface area contributed by atoms with Gasteiger partial charge in [0.15, 0.2) is 0 Å². The van der Waals surface area contributed by atoms with Gasteiger partial charge in [0.05, 0.1) is 12.2 Å². The smallest absolute Gasteiger partial charge is 0.123 e. The fourth-order valence-corrected chi connectivity index (χ4v) is 2.10. The number of aromatic nitrogens is 2. The van der Waals surface area contributed by atoms with Gasteiger partial charge in [-0.2, -0.15) is 5.10 Å². The summed E-state index contributed by atoms with van der Waals surface area (Å²) in [5, 5.41) is 4.42. The second-order valence-corrected chi connectivity index (χ2v) is 4.07. The van der Waals surface area contributed by atoms with E-state index in [1.807, 2.05) is 24.6 Å². The second kappa shape index (κ2) is 4.67. The lowest BCUT2D eigenvalue weighted by Crippen LogP contribution is -2.12. The van der Waals surface area contributed by atoms with Crippen LogP contribution in [-0.2, 0) is 6.54 Å². The molecule has 0 amide bonds. The maximum Gasteiger partial charge on any atom is 0.123 e. The van der Waals surface area contributed by atoms with Gasteiger partial charge in [-0.15, -0.1) is 0 Å². The number of hydrogen-bond donors (Lipinski definition) is 1. The fraction of sp³-hybridized carbons (Fsp3) is 0.308. The Kier molecular flexibility index (Phi) is 3.24. The Morgan fingerprint density at radius 2 is 2.12 bits per heavy atom. The quantitative estimate of drug-likeness (QED) is 0.883. The minimum atomic E-state index is -0.229. The molecular formula is C13H16FN3. The highest BCUT2D eigenvalue weighted by atomic mass is 19.1. The van der Waals surface area contributed by atoms with E-state index in [9.17, 15) is 4.39 Å². The van der Waals surface area contributed by atoms with Crippen LogP contribution in [0.15, 0.2) is 24.3 Å². The molecule has 0 saturated carbocycles. The van der Waals surface area contributed by atoms with Crippen LogP contribution in [0.1, 0.15) is 11.4 Å². The summed E-state index contributed by atoms with van der Waals surface area (Å²) >= 11 is 0. The average molecular weight is 233 g/mol. The topological polar surface area (TPSA) is 43.8 Å². The molecule has 2 N–H and O–H groups in total. The number of hydrogen-bond acceptors (Lipinski definition) is 2. The van der Waals surface area contributed by atoms with Crippen molar-refractivity contribution in [1.82, 2.24) is 9.78 Å². The highest BCUT2D eigenvalue weighted by Gasteiger charge is 2.13. The number of benzene rings is 1. The zero-order valence-electron chi connectivity index (χ0n) is 10.1. The van der Waals surface area contributed by atoms with Crippen molar-refractivity contribution in [2.24, 2.45) is 5.73 Å². The summed E-state index contributed by atoms with van der Waals surface area (Å²) in [7, 11) is 0. The van der Waals surface area contributed by atoms with Crippen LogP contribution in [0.4, 0.5) is 4.39 Å². The molecule has 4 heteroatoms. The molecule has 0 bridgehead atoms. The fourth-order valence-electron chi connectivity index (χ4n) is 2.10. The molecule has 0 aliphatic rings. The van der Waals surface area contributed by atoms with Gasteiger partial charge in [0, 0.05) is 17.8 Å². The van der Waals surface area contributed by atoms with Gasteiger partial charge in [0.1, 0.15) is 5.82 Å². The summed E-state index contributed by atoms with van der Waals surface area (Å²) in [6.07, 6.45) is 0. The van der Waals surface area contributed by atoms with Crippen LogP contribution in [0.2, 0.25) is 0 Å². The van der Waals surface area contributed by atoms with E-state index < -0.39 is 0 Å². The van der Waals surface area contributed by atoms with Crippen molar-refractivity contribution in [3.63, 3.8) is 0 Å². The lowest BCUT2D eigenvalue weighted by molar-refractivity contribution is 0.604. The predicted molar refractivity (Wildman–Crippen MR) is 66.1 cm³/mol. The van der Waals surface area contributed by atoms with Crippen LogP contribution >= 0.6 is 0 Å². The van der Waals surface area contributed by atoms with Gasteiger partial charge in [0.2, 0.25) is 0 Å². The monoisotopic (exact) mass is 233 g/mol. The standard InChI is InChI=1S/C13H16FN3/c1-9-13(10(2)17(16-9)7-6-15)11-4-3-5-12(14)8-11/h3-5,8H,6-7,15H2,1-2H3. The molecule has 1 heterocycles. The van der Waals surface area contributed by atoms with E-state index in [2.05, 4.69) is 5.10 Å². The van der Waals surface area contributed by atoms with E-state index in [-0.39, 0.29) is 5.82 Å². The van der Waals surface area contributed by atoms with E-state index in [1.165, 1.54) is 12.1 Å². The molecule has 0 radical (unpaired) electrons. The highest BCUT2D eigenvalue weighted by molar-refractivity contribution is 5.68. The van der Waals surface area contributed by atoms with Crippen LogP contribution in [0, 0.1) is 19.7 Å². The van der Waals surface area contributed by atoms with Crippen LogP contribution in [0.25, 0.3) is 11.1 Å². The van der Waals surface area contributed by atoms with Crippen molar-refractivity contribution in [3.8, 4) is 11.1 Å². The van der Waals surface area contributed by atoms with Crippen molar-refractivity contribution in [2.75, 3.05) is 6.54 Å². The summed E-state index contributed by atoms with van der Waals surface area (Å²) in [5.41, 5.74) is 9.32. The summed E-state index contributed by atoms with van der Waals surface area (Å²) < 4.78 is 15.1. The van der Waals surface area contributed by atoms with Crippen molar-refractivity contribution in [1.29, 1.82) is 0 Å². The van der Waals surface area contributed by atoms with E-state index in [1.54, 1.807) is 6.07 Å². The van der Waals surface area contributed by atoms with Gasteiger partial charge in [-0.25, -0.2) is 4.39 Å². The second-order valence-electron chi connectivity index (χ2n) is 4.07. The molecule has 0 saturated heterocycles. The minimum absolute atomic E-state index is 0.229. The first-order chi connectivity index (χ1) is 8.13. The zero-order valence-corrected chi connectivity index (χ0v) is 10.1. The van der Waals surface area contributed by atoms with Crippen LogP contribution in [0.5, 0.6) is 0 Å². The van der Waals surface area contributed by atoms with E-state index in [4.69, 9.17) is 5.73 Å². The predicted octanol–water partition coefficient (Wildman–Crippen LogP) is 2.26. The van der Waals surface area contributed by atoms with Gasteiger partial charge in [0.25, 0.3) is 0 Å². The molecule has 0 atom stereocenters. The first-order valence-corrected chi connectivity index (χ1v) is 5.63. The lowest BCUT2D eigenvalue weighted by atomic mass is 10.0. The van der Waals surface area contributed by atoms with E-state index in [0.29, 0.717) is 13.1 Å². The first-order valence-electron chi connectivity index (χ1n) is 5.63. The van der Waals surface area contributed by atoms with Gasteiger partial charge in [-0.3, -0.25) is 4.68 Å². The number of halogens is 1. The lowest BCUT2D eigenvalue weighted by Gasteiger charge is -2.04. The molecular weight excluding hydrogens is 217 g/mol. The summed E-state index contributed by atoms with van der Waals surface area (Å²) in [5.74, 6) is -0.229. The number of nitrogens with zero attached hydrogens (tertiary/aromatic N) is 2. The van der Waals surface area contributed by atoms with Gasteiger partial charge in [-0.05, 0) is 31.5 Å². The molecule has 0 aliphatic heterocycles. The van der Waals surface area contributed by atoms with Crippen LogP contribution in [0.3, 0.4) is 0 Å². The largest absolute Gasteiger partial charge is 0.329 e. The van der Waals surface area contributed by atoms with E-state index in [0.717, 1.165) is 22.5 Å². The van der Waals surface area contributed by atoms with E-state index >= 15 is 0 Å². The number of aryl methyl sites for hydroxylation is 1. The van der Waals surface area contributed by atoms with Gasteiger partial charge >= 0.3 is 0 Å². The Morgan fingerprint density at radius 3 is 2.76 bits per heavy atom. The molecule has 1 aromatic heterocycles. The Morgan fingerprint density at radius 1 is 1.35 bits per heavy atom. The molecule has 0 unspecified atom stereocenters. The normalized spacial score (nSPS) is 10.8. The van der Waals surface area contributed by atoms with Gasteiger partial charge < -0.3 is 5.73 Å². The maximum atomic E-state index is 13.2. The Balaban J connectivity index is 2.52. The average Bonchev–Trinajstić information content (AvgIpc) is 2.55. The summed E-state index contributed by atoms with van der Waals surface area (Å²) in [6, 6.07) is 6.58. The molecule has 0 spiro atoms. The summed E-state index contributed by atoms with van der Waals surface area (Å²) in [6.45, 7) is 5.14. The molecule has 2 aromatic rings. The minimum Gasteiger partial charge on any atom is -0.329 e. The molecule has 0 fully saturated rings. The first kappa shape index (κ1) is 11.8. The molecule has 0 aliphatic carbocycles. The summed E-state index contributed by atoms with van der Waals surface area (Å²) in [4.78, 5) is 0. The number of rotatable bonds is 3. The molecule has 90 valence electrons. The van der Waals surface area contributed by atoms with Crippen molar-refractivity contribution < 1.29 is 4.39 Å². The maximum absolute atomic E-state index is 13.2. The third-order valence-corrected chi connectivity index (χ3v) is 2.84. The van der Waals surface area contributed by atoms with Crippen LogP contribution in [-0.4, -0.2) is 16.3 Å². The van der Waals surface area contributed by atoms with Crippen LogP contribution < -0.4 is 5.73 Å². The van der Waals surface area contributed by atoms with Crippen molar-refractivity contribution >= 4 is 0 Å². The SMILES string of the molecule is Cc1nn(CCN)c(C)c1-c1cccc(F)c1. The third-order valence-electron chi connectivity index (χ3n) is 2.84. The molecule has 2 rings (SSSR count). The zero-order chi connectivity index (χ0) is 12.4. The molecule has 3 nitrogen and oxygen atoms in total. The molecule has 1 aromatic carbocycles. The highest BCUT2D eigenvalue weighted by Crippen LogP contribution is 2.27. The van der Waals surface area contributed by atoms with Crippen molar-refractivity contribution in [2.45, 2.75) is 20.4 Å². The Labute approximate surface area is 100 Å². The third kappa shape index (κ3) is 2.22. The molecule has 17 heavy (non-hydrogen) atoms. The van der Waals surface area contributed by atoms with Gasteiger partial charge in [-0.1, -0.05) is 12.1 Å².